The Balaban J connectivity index is 0.00000288. The van der Waals surface area contributed by atoms with Crippen molar-refractivity contribution in [3.8, 4) is 0 Å². The van der Waals surface area contributed by atoms with Crippen LogP contribution in [-0.4, -0.2) is 49.4 Å². The molecule has 1 N–H and O–H groups in total. The number of aliphatic imine (C=N–C) groups is 1. The molecule has 0 bridgehead atoms. The number of guanidine groups is 1. The quantitative estimate of drug-likeness (QED) is 0.406. The molecule has 5 nitrogen and oxygen atoms in total. The molecule has 0 amide bonds. The van der Waals surface area contributed by atoms with Crippen molar-refractivity contribution in [2.24, 2.45) is 4.99 Å². The number of hydrogen-bond acceptors (Lipinski definition) is 3. The maximum Gasteiger partial charge on any atom is 0.194 e. The lowest BCUT2D eigenvalue weighted by molar-refractivity contribution is 0.353. The summed E-state index contributed by atoms with van der Waals surface area (Å²) in [5.41, 5.74) is 1.06. The van der Waals surface area contributed by atoms with E-state index in [0.717, 1.165) is 18.1 Å². The summed E-state index contributed by atoms with van der Waals surface area (Å²) in [6.45, 7) is 7.74. The molecule has 0 aromatic heterocycles. The maximum absolute atomic E-state index is 12.1. The van der Waals surface area contributed by atoms with E-state index >= 15 is 0 Å². The minimum Gasteiger partial charge on any atom is -0.357 e. The highest BCUT2D eigenvalue weighted by Crippen LogP contribution is 2.23. The van der Waals surface area contributed by atoms with E-state index in [4.69, 9.17) is 11.6 Å². The molecule has 1 aliphatic heterocycles. The van der Waals surface area contributed by atoms with Crippen LogP contribution in [0.1, 0.15) is 26.3 Å². The molecular formula is C16H25ClIN3O2S. The molecule has 2 rings (SSSR count). The lowest BCUT2D eigenvalue weighted by Crippen LogP contribution is -2.57. The first-order valence-corrected chi connectivity index (χ1v) is 9.78. The number of hydrogen-bond donors (Lipinski definition) is 1. The first-order valence-electron chi connectivity index (χ1n) is 7.75. The average molecular weight is 486 g/mol. The fourth-order valence-corrected chi connectivity index (χ4v) is 4.00. The Labute approximate surface area is 166 Å². The largest absolute Gasteiger partial charge is 0.357 e. The van der Waals surface area contributed by atoms with Gasteiger partial charge in [0.05, 0.1) is 17.0 Å². The van der Waals surface area contributed by atoms with E-state index in [9.17, 15) is 8.42 Å². The Hall–Kier alpha value is -0.540. The first kappa shape index (κ1) is 21.5. The topological polar surface area (TPSA) is 61.8 Å². The summed E-state index contributed by atoms with van der Waals surface area (Å²) in [7, 11) is -3.05. The van der Waals surface area contributed by atoms with Gasteiger partial charge >= 0.3 is 0 Å². The van der Waals surface area contributed by atoms with Gasteiger partial charge in [0.2, 0.25) is 0 Å². The van der Waals surface area contributed by atoms with E-state index in [0.29, 0.717) is 24.7 Å². The van der Waals surface area contributed by atoms with Crippen molar-refractivity contribution in [3.05, 3.63) is 34.9 Å². The van der Waals surface area contributed by atoms with Crippen molar-refractivity contribution in [1.29, 1.82) is 0 Å². The Morgan fingerprint density at radius 2 is 1.96 bits per heavy atom. The van der Waals surface area contributed by atoms with Gasteiger partial charge in [-0.25, -0.2) is 13.4 Å². The van der Waals surface area contributed by atoms with Gasteiger partial charge in [-0.3, -0.25) is 0 Å². The van der Waals surface area contributed by atoms with E-state index in [1.54, 1.807) is 13.8 Å². The average Bonchev–Trinajstić information content (AvgIpc) is 2.48. The molecule has 1 aromatic rings. The Morgan fingerprint density at radius 3 is 2.50 bits per heavy atom. The minimum absolute atomic E-state index is 0. The Morgan fingerprint density at radius 1 is 1.33 bits per heavy atom. The van der Waals surface area contributed by atoms with Gasteiger partial charge in [0.15, 0.2) is 15.8 Å². The third-order valence-corrected chi connectivity index (χ3v) is 6.79. The molecule has 136 valence electrons. The summed E-state index contributed by atoms with van der Waals surface area (Å²) in [6, 6.07) is 7.58. The van der Waals surface area contributed by atoms with Crippen LogP contribution in [0.3, 0.4) is 0 Å². The van der Waals surface area contributed by atoms with Crippen molar-refractivity contribution < 1.29 is 8.42 Å². The smallest absolute Gasteiger partial charge is 0.194 e. The Bertz CT molecular complexity index is 675. The molecule has 1 aliphatic rings. The van der Waals surface area contributed by atoms with E-state index in [-0.39, 0.29) is 29.7 Å². The Kier molecular flexibility index (Phi) is 7.80. The molecule has 0 atom stereocenters. The van der Waals surface area contributed by atoms with Crippen molar-refractivity contribution in [3.63, 3.8) is 0 Å². The van der Waals surface area contributed by atoms with Crippen LogP contribution in [0.5, 0.6) is 0 Å². The zero-order chi connectivity index (χ0) is 17.1. The van der Waals surface area contributed by atoms with Crippen LogP contribution in [-0.2, 0) is 16.4 Å². The zero-order valence-corrected chi connectivity index (χ0v) is 18.2. The summed E-state index contributed by atoms with van der Waals surface area (Å²) < 4.78 is 23.5. The van der Waals surface area contributed by atoms with Crippen LogP contribution in [0.2, 0.25) is 5.02 Å². The van der Waals surface area contributed by atoms with Gasteiger partial charge in [0, 0.05) is 24.7 Å². The molecule has 1 heterocycles. The molecule has 8 heteroatoms. The van der Waals surface area contributed by atoms with Crippen molar-refractivity contribution in [2.45, 2.75) is 32.1 Å². The van der Waals surface area contributed by atoms with Crippen molar-refractivity contribution in [2.75, 3.05) is 25.4 Å². The van der Waals surface area contributed by atoms with E-state index in [1.807, 2.05) is 36.1 Å². The van der Waals surface area contributed by atoms with Gasteiger partial charge in [-0.1, -0.05) is 23.7 Å². The maximum atomic E-state index is 12.1. The molecule has 24 heavy (non-hydrogen) atoms. The summed E-state index contributed by atoms with van der Waals surface area (Å²) in [4.78, 5) is 6.67. The molecule has 0 aliphatic carbocycles. The number of sulfone groups is 1. The van der Waals surface area contributed by atoms with Crippen LogP contribution >= 0.6 is 35.6 Å². The third-order valence-electron chi connectivity index (χ3n) is 4.00. The predicted molar refractivity (Wildman–Crippen MR) is 111 cm³/mol. The highest BCUT2D eigenvalue weighted by Gasteiger charge is 2.40. The molecule has 0 spiro atoms. The minimum atomic E-state index is -3.05. The summed E-state index contributed by atoms with van der Waals surface area (Å²) in [6.07, 6.45) is 0. The lowest BCUT2D eigenvalue weighted by Gasteiger charge is -2.39. The number of nitrogens with zero attached hydrogens (tertiary/aromatic N) is 2. The predicted octanol–water partition coefficient (Wildman–Crippen LogP) is 2.93. The molecule has 1 fully saturated rings. The van der Waals surface area contributed by atoms with Gasteiger partial charge in [0.1, 0.15) is 0 Å². The van der Waals surface area contributed by atoms with Gasteiger partial charge in [-0.15, -0.1) is 24.0 Å². The van der Waals surface area contributed by atoms with E-state index < -0.39 is 14.6 Å². The lowest BCUT2D eigenvalue weighted by atomic mass is 10.2. The second-order valence-electron chi connectivity index (χ2n) is 6.30. The standard InChI is InChI=1S/C16H24ClN3O2S.HI/c1-4-18-15(19-11-13-5-7-14(17)8-6-13)20-9-10-23(21,22)16(2,3)12-20;/h5-8H,4,9-12H2,1-3H3,(H,18,19);1H. The number of halogens is 2. The molecule has 1 aromatic carbocycles. The summed E-state index contributed by atoms with van der Waals surface area (Å²) >= 11 is 5.89. The van der Waals surface area contributed by atoms with Crippen molar-refractivity contribution in [1.82, 2.24) is 10.2 Å². The van der Waals surface area contributed by atoms with Gasteiger partial charge < -0.3 is 10.2 Å². The third kappa shape index (κ3) is 5.23. The monoisotopic (exact) mass is 485 g/mol. The first-order chi connectivity index (χ1) is 10.7. The number of rotatable bonds is 3. The van der Waals surface area contributed by atoms with Crippen LogP contribution in [0, 0.1) is 0 Å². The highest BCUT2D eigenvalue weighted by atomic mass is 127. The normalized spacial score (nSPS) is 19.5. The summed E-state index contributed by atoms with van der Waals surface area (Å²) in [5.74, 6) is 0.913. The molecule has 0 unspecified atom stereocenters. The van der Waals surface area contributed by atoms with Gasteiger partial charge in [-0.05, 0) is 38.5 Å². The second kappa shape index (κ2) is 8.71. The van der Waals surface area contributed by atoms with Crippen LogP contribution in [0.25, 0.3) is 0 Å². The summed E-state index contributed by atoms with van der Waals surface area (Å²) in [5, 5.41) is 3.96. The molecule has 0 radical (unpaired) electrons. The van der Waals surface area contributed by atoms with Crippen molar-refractivity contribution >= 4 is 51.4 Å². The van der Waals surface area contributed by atoms with E-state index in [1.165, 1.54) is 0 Å². The molecular weight excluding hydrogens is 461 g/mol. The SMILES string of the molecule is CCNC(=NCc1ccc(Cl)cc1)N1CCS(=O)(=O)C(C)(C)C1.I. The van der Waals surface area contributed by atoms with Crippen LogP contribution in [0.4, 0.5) is 0 Å². The highest BCUT2D eigenvalue weighted by molar-refractivity contribution is 14.0. The molecule has 0 saturated carbocycles. The number of benzene rings is 1. The fraction of sp³-hybridized carbons (Fsp3) is 0.562. The zero-order valence-electron chi connectivity index (χ0n) is 14.3. The van der Waals surface area contributed by atoms with E-state index in [2.05, 4.69) is 10.3 Å². The molecule has 1 saturated heterocycles. The second-order valence-corrected chi connectivity index (χ2v) is 9.48. The van der Waals surface area contributed by atoms with Crippen LogP contribution < -0.4 is 5.32 Å². The fourth-order valence-electron chi connectivity index (χ4n) is 2.51. The number of nitrogens with one attached hydrogen (secondary N) is 1. The van der Waals surface area contributed by atoms with Gasteiger partial charge in [0.25, 0.3) is 0 Å². The van der Waals surface area contributed by atoms with Gasteiger partial charge in [-0.2, -0.15) is 0 Å². The van der Waals surface area contributed by atoms with Crippen LogP contribution in [0.15, 0.2) is 29.3 Å².